The van der Waals surface area contributed by atoms with Gasteiger partial charge in [-0.3, -0.25) is 19.2 Å². The Kier molecular flexibility index (Phi) is 9.69. The highest BCUT2D eigenvalue weighted by molar-refractivity contribution is 7.80. The van der Waals surface area contributed by atoms with Crippen LogP contribution in [0.4, 0.5) is 0 Å². The van der Waals surface area contributed by atoms with Crippen molar-refractivity contribution in [2.45, 2.75) is 49.9 Å². The SMILES string of the molecule is NC(=O)CC(N)C(=O)N1CCCC1C(=O)NC(Cc1ccc(O)cc1)C(=O)NC(CS)C(=O)O. The molecule has 1 aromatic carbocycles. The fourth-order valence-corrected chi connectivity index (χ4v) is 3.87. The van der Waals surface area contributed by atoms with Gasteiger partial charge in [0.05, 0.1) is 12.5 Å². The van der Waals surface area contributed by atoms with Gasteiger partial charge in [0.15, 0.2) is 0 Å². The van der Waals surface area contributed by atoms with Gasteiger partial charge in [-0.05, 0) is 30.5 Å². The normalized spacial score (nSPS) is 17.9. The van der Waals surface area contributed by atoms with Gasteiger partial charge >= 0.3 is 5.97 Å². The Morgan fingerprint density at radius 2 is 1.76 bits per heavy atom. The molecule has 0 aromatic heterocycles. The van der Waals surface area contributed by atoms with Crippen molar-refractivity contribution in [3.05, 3.63) is 29.8 Å². The van der Waals surface area contributed by atoms with Gasteiger partial charge in [0.25, 0.3) is 0 Å². The number of thiol groups is 1. The van der Waals surface area contributed by atoms with Crippen LogP contribution in [0.2, 0.25) is 0 Å². The molecule has 0 saturated carbocycles. The highest BCUT2D eigenvalue weighted by Gasteiger charge is 2.38. The van der Waals surface area contributed by atoms with E-state index in [0.29, 0.717) is 18.4 Å². The van der Waals surface area contributed by atoms with E-state index in [1.54, 1.807) is 12.1 Å². The predicted octanol–water partition coefficient (Wildman–Crippen LogP) is -1.89. The predicted molar refractivity (Wildman–Crippen MR) is 124 cm³/mol. The lowest BCUT2D eigenvalue weighted by Gasteiger charge is -2.28. The van der Waals surface area contributed by atoms with Crippen molar-refractivity contribution >= 4 is 42.2 Å². The van der Waals surface area contributed by atoms with E-state index in [-0.39, 0.29) is 30.9 Å². The van der Waals surface area contributed by atoms with Crippen LogP contribution in [0.5, 0.6) is 5.75 Å². The smallest absolute Gasteiger partial charge is 0.327 e. The first-order chi connectivity index (χ1) is 16.0. The lowest BCUT2D eigenvalue weighted by atomic mass is 10.0. The number of benzene rings is 1. The molecular weight excluding hydrogens is 466 g/mol. The maximum absolute atomic E-state index is 13.1. The lowest BCUT2D eigenvalue weighted by Crippen LogP contribution is -2.57. The zero-order valence-corrected chi connectivity index (χ0v) is 19.2. The van der Waals surface area contributed by atoms with E-state index in [1.165, 1.54) is 17.0 Å². The van der Waals surface area contributed by atoms with Crippen LogP contribution in [0.25, 0.3) is 0 Å². The van der Waals surface area contributed by atoms with Gasteiger partial charge in [-0.15, -0.1) is 0 Å². The summed E-state index contributed by atoms with van der Waals surface area (Å²) >= 11 is 3.93. The van der Waals surface area contributed by atoms with Gasteiger partial charge in [0, 0.05) is 18.7 Å². The molecule has 8 N–H and O–H groups in total. The third-order valence-corrected chi connectivity index (χ3v) is 5.75. The number of likely N-dealkylation sites (tertiary alicyclic amines) is 1. The van der Waals surface area contributed by atoms with Crippen molar-refractivity contribution in [2.24, 2.45) is 11.5 Å². The number of carbonyl (C=O) groups is 5. The summed E-state index contributed by atoms with van der Waals surface area (Å²) in [4.78, 5) is 62.2. The van der Waals surface area contributed by atoms with Gasteiger partial charge in [0.2, 0.25) is 23.6 Å². The highest BCUT2D eigenvalue weighted by atomic mass is 32.1. The molecule has 4 unspecified atom stereocenters. The molecule has 0 radical (unpaired) electrons. The zero-order chi connectivity index (χ0) is 25.4. The molecule has 1 aliphatic heterocycles. The van der Waals surface area contributed by atoms with E-state index in [9.17, 15) is 34.2 Å². The Morgan fingerprint density at radius 1 is 1.12 bits per heavy atom. The number of aliphatic carboxylic acids is 1. The molecule has 12 nitrogen and oxygen atoms in total. The Morgan fingerprint density at radius 3 is 2.32 bits per heavy atom. The molecule has 1 heterocycles. The number of hydrogen-bond acceptors (Lipinski definition) is 8. The van der Waals surface area contributed by atoms with E-state index >= 15 is 0 Å². The lowest BCUT2D eigenvalue weighted by molar-refractivity contribution is -0.142. The van der Waals surface area contributed by atoms with Crippen LogP contribution in [0.3, 0.4) is 0 Å². The van der Waals surface area contributed by atoms with E-state index in [1.807, 2.05) is 0 Å². The van der Waals surface area contributed by atoms with Crippen LogP contribution < -0.4 is 22.1 Å². The Balaban J connectivity index is 2.19. The number of nitrogens with zero attached hydrogens (tertiary/aromatic N) is 1. The van der Waals surface area contributed by atoms with E-state index in [4.69, 9.17) is 11.5 Å². The summed E-state index contributed by atoms with van der Waals surface area (Å²) in [5, 5.41) is 23.6. The van der Waals surface area contributed by atoms with Crippen LogP contribution in [0.1, 0.15) is 24.8 Å². The number of aromatic hydroxyl groups is 1. The zero-order valence-electron chi connectivity index (χ0n) is 18.3. The van der Waals surface area contributed by atoms with Gasteiger partial charge in [-0.25, -0.2) is 4.79 Å². The van der Waals surface area contributed by atoms with Crippen LogP contribution in [0.15, 0.2) is 24.3 Å². The molecule has 1 aliphatic rings. The molecule has 4 atom stereocenters. The molecule has 0 aliphatic carbocycles. The number of nitrogens with one attached hydrogen (secondary N) is 2. The minimum Gasteiger partial charge on any atom is -0.508 e. The number of amides is 4. The quantitative estimate of drug-likeness (QED) is 0.172. The maximum atomic E-state index is 13.1. The van der Waals surface area contributed by atoms with Crippen LogP contribution in [0, 0.1) is 0 Å². The number of primary amides is 1. The monoisotopic (exact) mass is 495 g/mol. The van der Waals surface area contributed by atoms with E-state index in [2.05, 4.69) is 23.3 Å². The number of phenolic OH excluding ortho intramolecular Hbond substituents is 1. The number of carboxylic acids is 1. The number of hydrogen-bond donors (Lipinski definition) is 7. The molecule has 1 saturated heterocycles. The topological polar surface area (TPSA) is 205 Å². The number of carboxylic acid groups (broad SMARTS) is 1. The average molecular weight is 496 g/mol. The summed E-state index contributed by atoms with van der Waals surface area (Å²) in [5.74, 6) is -4.14. The standard InChI is InChI=1S/C21H29N5O7S/c22-13(9-17(23)28)20(31)26-7-1-2-16(26)19(30)24-14(8-11-3-5-12(27)6-4-11)18(29)25-15(10-34)21(32)33/h3-6,13-16,27,34H,1-2,7-10,22H2,(H2,23,28)(H,24,30)(H,25,29)(H,32,33). The van der Waals surface area contributed by atoms with E-state index < -0.39 is 53.8 Å². The summed E-state index contributed by atoms with van der Waals surface area (Å²) in [5.41, 5.74) is 11.4. The molecule has 186 valence electrons. The third kappa shape index (κ3) is 7.35. The summed E-state index contributed by atoms with van der Waals surface area (Å²) in [6, 6.07) is 1.40. The second kappa shape index (κ2) is 12.2. The van der Waals surface area contributed by atoms with Crippen molar-refractivity contribution in [2.75, 3.05) is 12.3 Å². The van der Waals surface area contributed by atoms with Crippen molar-refractivity contribution in [1.29, 1.82) is 0 Å². The first kappa shape index (κ1) is 26.9. The van der Waals surface area contributed by atoms with Crippen molar-refractivity contribution in [1.82, 2.24) is 15.5 Å². The second-order valence-corrected chi connectivity index (χ2v) is 8.35. The Labute approximate surface area is 201 Å². The van der Waals surface area contributed by atoms with Crippen molar-refractivity contribution in [3.63, 3.8) is 0 Å². The average Bonchev–Trinajstić information content (AvgIpc) is 3.27. The maximum Gasteiger partial charge on any atom is 0.327 e. The highest BCUT2D eigenvalue weighted by Crippen LogP contribution is 2.19. The fraction of sp³-hybridized carbons (Fsp3) is 0.476. The second-order valence-electron chi connectivity index (χ2n) is 7.98. The minimum atomic E-state index is -1.28. The first-order valence-corrected chi connectivity index (χ1v) is 11.2. The largest absolute Gasteiger partial charge is 0.508 e. The van der Waals surface area contributed by atoms with Gasteiger partial charge in [0.1, 0.15) is 23.9 Å². The molecule has 34 heavy (non-hydrogen) atoms. The number of carbonyl (C=O) groups excluding carboxylic acids is 4. The van der Waals surface area contributed by atoms with Crippen molar-refractivity contribution < 1.29 is 34.2 Å². The molecule has 0 bridgehead atoms. The summed E-state index contributed by atoms with van der Waals surface area (Å²) in [6.45, 7) is 0.249. The molecule has 2 rings (SSSR count). The van der Waals surface area contributed by atoms with E-state index in [0.717, 1.165) is 0 Å². The fourth-order valence-electron chi connectivity index (χ4n) is 3.62. The van der Waals surface area contributed by atoms with Crippen LogP contribution in [-0.2, 0) is 30.4 Å². The first-order valence-electron chi connectivity index (χ1n) is 10.6. The van der Waals surface area contributed by atoms with Gasteiger partial charge in [-0.2, -0.15) is 12.6 Å². The summed E-state index contributed by atoms with van der Waals surface area (Å²) in [6.07, 6.45) is 0.472. The van der Waals surface area contributed by atoms with Gasteiger partial charge in [-0.1, -0.05) is 12.1 Å². The Hall–Kier alpha value is -3.32. The molecule has 4 amide bonds. The van der Waals surface area contributed by atoms with Gasteiger partial charge < -0.3 is 37.2 Å². The summed E-state index contributed by atoms with van der Waals surface area (Å²) in [7, 11) is 0. The van der Waals surface area contributed by atoms with Crippen molar-refractivity contribution in [3.8, 4) is 5.75 Å². The Bertz CT molecular complexity index is 927. The number of nitrogens with two attached hydrogens (primary N) is 2. The summed E-state index contributed by atoms with van der Waals surface area (Å²) < 4.78 is 0. The molecule has 0 spiro atoms. The molecule has 13 heteroatoms. The molecular formula is C21H29N5O7S. The third-order valence-electron chi connectivity index (χ3n) is 5.38. The number of rotatable bonds is 11. The van der Waals surface area contributed by atoms with Crippen LogP contribution >= 0.6 is 12.6 Å². The minimum absolute atomic E-state index is 0.00137. The molecule has 1 fully saturated rings. The van der Waals surface area contributed by atoms with Crippen LogP contribution in [-0.4, -0.2) is 81.2 Å². The molecule has 1 aromatic rings. The number of phenols is 1.